The van der Waals surface area contributed by atoms with E-state index in [0.29, 0.717) is 5.56 Å². The maximum Gasteiger partial charge on any atom is 0.416 e. The van der Waals surface area contributed by atoms with E-state index in [1.165, 1.54) is 25.2 Å². The fraction of sp³-hybridized carbons (Fsp3) is 0.440. The van der Waals surface area contributed by atoms with Gasteiger partial charge in [-0.3, -0.25) is 9.59 Å². The number of halogens is 3. The monoisotopic (exact) mass is 448 g/mol. The van der Waals surface area contributed by atoms with E-state index in [9.17, 15) is 22.8 Å². The number of nitrogens with one attached hydrogen (secondary N) is 2. The van der Waals surface area contributed by atoms with Crippen LogP contribution in [0.5, 0.6) is 0 Å². The van der Waals surface area contributed by atoms with Crippen molar-refractivity contribution in [3.8, 4) is 0 Å². The molecule has 2 aromatic carbocycles. The van der Waals surface area contributed by atoms with E-state index in [2.05, 4.69) is 10.6 Å². The Morgan fingerprint density at radius 1 is 0.844 bits per heavy atom. The molecule has 0 aromatic heterocycles. The predicted octanol–water partition coefficient (Wildman–Crippen LogP) is 5.52. The number of amides is 2. The lowest BCUT2D eigenvalue weighted by Gasteiger charge is -2.27. The zero-order chi connectivity index (χ0) is 24.5. The number of carbonyl (C=O) groups is 2. The van der Waals surface area contributed by atoms with Gasteiger partial charge in [-0.2, -0.15) is 13.2 Å². The zero-order valence-electron chi connectivity index (χ0n) is 19.6. The quantitative estimate of drug-likeness (QED) is 0.647. The number of benzene rings is 2. The molecule has 0 saturated carbocycles. The Morgan fingerprint density at radius 2 is 1.34 bits per heavy atom. The van der Waals surface area contributed by atoms with Crippen LogP contribution in [-0.2, 0) is 21.8 Å². The van der Waals surface area contributed by atoms with Crippen LogP contribution in [0.15, 0.2) is 42.5 Å². The molecule has 2 N–H and O–H groups in total. The van der Waals surface area contributed by atoms with Crippen LogP contribution < -0.4 is 10.6 Å². The van der Waals surface area contributed by atoms with E-state index >= 15 is 0 Å². The molecule has 0 unspecified atom stereocenters. The van der Waals surface area contributed by atoms with Crippen LogP contribution in [0.2, 0.25) is 0 Å². The fourth-order valence-corrected chi connectivity index (χ4v) is 3.27. The predicted molar refractivity (Wildman–Crippen MR) is 120 cm³/mol. The molecular weight excluding hydrogens is 417 g/mol. The number of hydrogen-bond acceptors (Lipinski definition) is 2. The molecule has 32 heavy (non-hydrogen) atoms. The summed E-state index contributed by atoms with van der Waals surface area (Å²) < 4.78 is 40.7. The molecule has 1 atom stereocenters. The molecule has 0 aliphatic carbocycles. The van der Waals surface area contributed by atoms with Crippen molar-refractivity contribution in [1.82, 2.24) is 10.6 Å². The molecule has 174 valence electrons. The van der Waals surface area contributed by atoms with Crippen molar-refractivity contribution in [2.75, 3.05) is 7.05 Å². The summed E-state index contributed by atoms with van der Waals surface area (Å²) in [5.74, 6) is -1.36. The Bertz CT molecular complexity index is 967. The average Bonchev–Trinajstić information content (AvgIpc) is 2.69. The van der Waals surface area contributed by atoms with Crippen LogP contribution in [0.25, 0.3) is 0 Å². The largest absolute Gasteiger partial charge is 0.416 e. The van der Waals surface area contributed by atoms with E-state index in [4.69, 9.17) is 0 Å². The van der Waals surface area contributed by atoms with E-state index in [1.807, 2.05) is 47.6 Å². The highest BCUT2D eigenvalue weighted by Crippen LogP contribution is 2.35. The Hall–Kier alpha value is -2.83. The summed E-state index contributed by atoms with van der Waals surface area (Å²) in [6.07, 6.45) is -4.67. The SMILES string of the molecule is CNC(=O)[C@@H](NC(=O)c1cc(C(C)(C)C)cc(C(C)(C)C)c1)c1ccccc1C(F)(F)F. The lowest BCUT2D eigenvalue weighted by molar-refractivity contribution is -0.138. The van der Waals surface area contributed by atoms with Crippen molar-refractivity contribution >= 4 is 11.8 Å². The highest BCUT2D eigenvalue weighted by Gasteiger charge is 2.37. The number of rotatable bonds is 4. The third-order valence-corrected chi connectivity index (χ3v) is 5.29. The third kappa shape index (κ3) is 5.90. The van der Waals surface area contributed by atoms with Crippen molar-refractivity contribution in [3.63, 3.8) is 0 Å². The standard InChI is InChI=1S/C25H31F3N2O2/c1-23(2,3)16-12-15(13-17(14-16)24(4,5)6)21(31)30-20(22(32)29-7)18-10-8-9-11-19(18)25(26,27)28/h8-14,20H,1-7H3,(H,29,32)(H,30,31)/t20-/m0/s1. The Kier molecular flexibility index (Phi) is 7.12. The van der Waals surface area contributed by atoms with Crippen molar-refractivity contribution < 1.29 is 22.8 Å². The molecule has 7 heteroatoms. The molecule has 2 rings (SSSR count). The Labute approximate surface area is 187 Å². The van der Waals surface area contributed by atoms with Crippen molar-refractivity contribution in [2.45, 2.75) is 64.6 Å². The van der Waals surface area contributed by atoms with Crippen LogP contribution in [-0.4, -0.2) is 18.9 Å². The van der Waals surface area contributed by atoms with E-state index in [0.717, 1.165) is 17.2 Å². The molecular formula is C25H31F3N2O2. The normalized spacial score (nSPS) is 13.4. The van der Waals surface area contributed by atoms with Crippen molar-refractivity contribution in [2.24, 2.45) is 0 Å². The zero-order valence-corrected chi connectivity index (χ0v) is 19.6. The first-order chi connectivity index (χ1) is 14.6. The maximum absolute atomic E-state index is 13.6. The van der Waals surface area contributed by atoms with Crippen molar-refractivity contribution in [1.29, 1.82) is 0 Å². The van der Waals surface area contributed by atoms with Gasteiger partial charge in [0.1, 0.15) is 6.04 Å². The fourth-order valence-electron chi connectivity index (χ4n) is 3.27. The second kappa shape index (κ2) is 8.96. The van der Waals surface area contributed by atoms with Gasteiger partial charge < -0.3 is 10.6 Å². The van der Waals surface area contributed by atoms with Gasteiger partial charge in [-0.05, 0) is 45.7 Å². The van der Waals surface area contributed by atoms with Gasteiger partial charge >= 0.3 is 6.18 Å². The van der Waals surface area contributed by atoms with Crippen LogP contribution >= 0.6 is 0 Å². The summed E-state index contributed by atoms with van der Waals surface area (Å²) in [7, 11) is 1.32. The smallest absolute Gasteiger partial charge is 0.357 e. The summed E-state index contributed by atoms with van der Waals surface area (Å²) in [5, 5.41) is 4.87. The molecule has 0 fully saturated rings. The summed E-state index contributed by atoms with van der Waals surface area (Å²) in [5.41, 5.74) is 0.354. The number of carbonyl (C=O) groups excluding carboxylic acids is 2. The minimum atomic E-state index is -4.67. The van der Waals surface area contributed by atoms with Gasteiger partial charge in [-0.1, -0.05) is 65.8 Å². The molecule has 0 bridgehead atoms. The summed E-state index contributed by atoms with van der Waals surface area (Å²) in [6, 6.07) is 8.74. The second-order valence-corrected chi connectivity index (χ2v) is 9.90. The van der Waals surface area contributed by atoms with Crippen LogP contribution in [0.4, 0.5) is 13.2 Å². The highest BCUT2D eigenvalue weighted by molar-refractivity contribution is 5.98. The minimum Gasteiger partial charge on any atom is -0.357 e. The van der Waals surface area contributed by atoms with Gasteiger partial charge in [-0.25, -0.2) is 0 Å². The third-order valence-electron chi connectivity index (χ3n) is 5.29. The summed E-state index contributed by atoms with van der Waals surface area (Å²) in [4.78, 5) is 25.7. The van der Waals surface area contributed by atoms with Gasteiger partial charge in [0.15, 0.2) is 0 Å². The van der Waals surface area contributed by atoms with Gasteiger partial charge in [0.05, 0.1) is 5.56 Å². The summed E-state index contributed by atoms with van der Waals surface area (Å²) in [6.45, 7) is 12.1. The molecule has 0 saturated heterocycles. The van der Waals surface area contributed by atoms with Gasteiger partial charge in [0.25, 0.3) is 5.91 Å². The van der Waals surface area contributed by atoms with Gasteiger partial charge in [-0.15, -0.1) is 0 Å². The molecule has 0 radical (unpaired) electrons. The first-order valence-electron chi connectivity index (χ1n) is 10.4. The van der Waals surface area contributed by atoms with E-state index < -0.39 is 29.6 Å². The first kappa shape index (κ1) is 25.4. The Balaban J connectivity index is 2.57. The van der Waals surface area contributed by atoms with Crippen LogP contribution in [0.1, 0.15) is 80.2 Å². The molecule has 4 nitrogen and oxygen atoms in total. The maximum atomic E-state index is 13.6. The number of likely N-dealkylation sites (N-methyl/N-ethyl adjacent to an activating group) is 1. The Morgan fingerprint density at radius 3 is 1.78 bits per heavy atom. The lowest BCUT2D eigenvalue weighted by atomic mass is 9.79. The molecule has 0 heterocycles. The van der Waals surface area contributed by atoms with Crippen LogP contribution in [0.3, 0.4) is 0 Å². The molecule has 2 amide bonds. The van der Waals surface area contributed by atoms with Gasteiger partial charge in [0, 0.05) is 12.6 Å². The molecule has 0 spiro atoms. The van der Waals surface area contributed by atoms with E-state index in [-0.39, 0.29) is 16.4 Å². The number of hydrogen-bond donors (Lipinski definition) is 2. The topological polar surface area (TPSA) is 58.2 Å². The molecule has 2 aromatic rings. The number of alkyl halides is 3. The second-order valence-electron chi connectivity index (χ2n) is 9.90. The lowest BCUT2D eigenvalue weighted by Crippen LogP contribution is -2.40. The van der Waals surface area contributed by atoms with E-state index in [1.54, 1.807) is 12.1 Å². The first-order valence-corrected chi connectivity index (χ1v) is 10.4. The van der Waals surface area contributed by atoms with Gasteiger partial charge in [0.2, 0.25) is 5.91 Å². The molecule has 0 aliphatic heterocycles. The minimum absolute atomic E-state index is 0.251. The highest BCUT2D eigenvalue weighted by atomic mass is 19.4. The average molecular weight is 449 g/mol. The van der Waals surface area contributed by atoms with Crippen LogP contribution in [0, 0.1) is 0 Å². The molecule has 0 aliphatic rings. The van der Waals surface area contributed by atoms with Crippen molar-refractivity contribution in [3.05, 3.63) is 70.3 Å². The summed E-state index contributed by atoms with van der Waals surface area (Å²) >= 11 is 0.